The highest BCUT2D eigenvalue weighted by Gasteiger charge is 2.46. The Bertz CT molecular complexity index is 1750. The first-order chi connectivity index (χ1) is 18.7. The lowest BCUT2D eigenvalue weighted by Crippen LogP contribution is -2.28. The van der Waals surface area contributed by atoms with E-state index >= 15 is 0 Å². The van der Waals surface area contributed by atoms with Gasteiger partial charge in [0.25, 0.3) is 0 Å². The largest absolute Gasteiger partial charge is 0.0843 e. The highest BCUT2D eigenvalue weighted by Crippen LogP contribution is 2.57. The van der Waals surface area contributed by atoms with Crippen LogP contribution < -0.4 is 0 Å². The molecule has 6 aromatic carbocycles. The maximum absolute atomic E-state index is 6.22. The number of fused-ring (bicyclic) bond motifs is 3. The van der Waals surface area contributed by atoms with E-state index in [0.29, 0.717) is 0 Å². The molecular weight excluding hydrogens is 480 g/mol. The normalized spacial score (nSPS) is 15.6. The van der Waals surface area contributed by atoms with Gasteiger partial charge in [-0.15, -0.1) is 0 Å². The zero-order chi connectivity index (χ0) is 25.5. The SMILES string of the molecule is Clc1ccc(-c2ccc3c(c2)C(c2ccccc2)(c2cccc(-c4ccccc4)c2)c2ccccc2-3)cc1. The van der Waals surface area contributed by atoms with E-state index in [0.717, 1.165) is 10.6 Å². The third-order valence-electron chi connectivity index (χ3n) is 7.83. The molecule has 6 aromatic rings. The lowest BCUT2D eigenvalue weighted by Gasteiger charge is -2.34. The van der Waals surface area contributed by atoms with E-state index in [1.165, 1.54) is 50.1 Å². The van der Waals surface area contributed by atoms with E-state index in [1.807, 2.05) is 12.1 Å². The van der Waals surface area contributed by atoms with E-state index in [2.05, 4.69) is 140 Å². The summed E-state index contributed by atoms with van der Waals surface area (Å²) in [5, 5.41) is 0.749. The van der Waals surface area contributed by atoms with E-state index in [4.69, 9.17) is 11.6 Å². The van der Waals surface area contributed by atoms with Gasteiger partial charge in [-0.2, -0.15) is 0 Å². The average molecular weight is 505 g/mol. The Morgan fingerprint density at radius 3 is 1.71 bits per heavy atom. The smallest absolute Gasteiger partial charge is 0.0713 e. The summed E-state index contributed by atoms with van der Waals surface area (Å²) in [5.74, 6) is 0. The van der Waals surface area contributed by atoms with Crippen molar-refractivity contribution in [1.82, 2.24) is 0 Å². The Hall–Kier alpha value is -4.39. The number of rotatable bonds is 4. The van der Waals surface area contributed by atoms with E-state index in [-0.39, 0.29) is 0 Å². The van der Waals surface area contributed by atoms with Gasteiger partial charge in [0.15, 0.2) is 0 Å². The van der Waals surface area contributed by atoms with Crippen LogP contribution in [0.2, 0.25) is 5.02 Å². The molecule has 1 atom stereocenters. The molecule has 0 heterocycles. The van der Waals surface area contributed by atoms with Crippen molar-refractivity contribution >= 4 is 11.6 Å². The Balaban J connectivity index is 1.56. The summed E-state index contributed by atoms with van der Waals surface area (Å²) in [6.45, 7) is 0. The minimum atomic E-state index is -0.444. The highest BCUT2D eigenvalue weighted by atomic mass is 35.5. The summed E-state index contributed by atoms with van der Waals surface area (Å²) < 4.78 is 0. The number of halogens is 1. The molecule has 1 aliphatic rings. The quantitative estimate of drug-likeness (QED) is 0.223. The van der Waals surface area contributed by atoms with Gasteiger partial charge in [0.1, 0.15) is 0 Å². The van der Waals surface area contributed by atoms with Crippen LogP contribution in [0.3, 0.4) is 0 Å². The van der Waals surface area contributed by atoms with Crippen molar-refractivity contribution in [3.05, 3.63) is 179 Å². The summed E-state index contributed by atoms with van der Waals surface area (Å²) in [6, 6.07) is 54.6. The lowest BCUT2D eigenvalue weighted by molar-refractivity contribution is 0.769. The van der Waals surface area contributed by atoms with Gasteiger partial charge in [-0.25, -0.2) is 0 Å². The minimum Gasteiger partial charge on any atom is -0.0843 e. The Labute approximate surface area is 228 Å². The van der Waals surface area contributed by atoms with Crippen molar-refractivity contribution in [2.24, 2.45) is 0 Å². The molecule has 1 aliphatic carbocycles. The maximum atomic E-state index is 6.22. The fourth-order valence-corrected chi connectivity index (χ4v) is 6.27. The summed E-state index contributed by atoms with van der Waals surface area (Å²) in [4.78, 5) is 0. The lowest BCUT2D eigenvalue weighted by atomic mass is 9.67. The maximum Gasteiger partial charge on any atom is 0.0713 e. The average Bonchev–Trinajstić information content (AvgIpc) is 3.29. The van der Waals surface area contributed by atoms with Crippen molar-refractivity contribution in [2.75, 3.05) is 0 Å². The predicted molar refractivity (Wildman–Crippen MR) is 160 cm³/mol. The minimum absolute atomic E-state index is 0.444. The number of benzene rings is 6. The molecule has 0 radical (unpaired) electrons. The standard InChI is InChI=1S/C37H25Cl/c38-32-21-18-27(19-22-32)29-20-23-34-33-16-7-8-17-35(33)37(36(34)25-29,30-13-5-2-6-14-30)31-15-9-12-28(24-31)26-10-3-1-4-11-26/h1-25H. The Kier molecular flexibility index (Phi) is 5.50. The molecule has 0 nitrogen and oxygen atoms in total. The zero-order valence-corrected chi connectivity index (χ0v) is 21.6. The Morgan fingerprint density at radius 2 is 0.921 bits per heavy atom. The van der Waals surface area contributed by atoms with Crippen molar-refractivity contribution in [2.45, 2.75) is 5.41 Å². The molecular formula is C37H25Cl. The number of hydrogen-bond donors (Lipinski definition) is 0. The molecule has 0 spiro atoms. The summed E-state index contributed by atoms with van der Waals surface area (Å²) >= 11 is 6.22. The second-order valence-corrected chi connectivity index (χ2v) is 10.3. The zero-order valence-electron chi connectivity index (χ0n) is 20.8. The van der Waals surface area contributed by atoms with E-state index in [9.17, 15) is 0 Å². The molecule has 0 N–H and O–H groups in total. The summed E-state index contributed by atoms with van der Waals surface area (Å²) in [5.41, 5.74) is 12.1. The van der Waals surface area contributed by atoms with Crippen LogP contribution in [0.5, 0.6) is 0 Å². The summed E-state index contributed by atoms with van der Waals surface area (Å²) in [6.07, 6.45) is 0. The molecule has 0 bridgehead atoms. The molecule has 0 saturated carbocycles. The monoisotopic (exact) mass is 504 g/mol. The second-order valence-electron chi connectivity index (χ2n) is 9.88. The topological polar surface area (TPSA) is 0 Å². The van der Waals surface area contributed by atoms with Crippen LogP contribution in [-0.4, -0.2) is 0 Å². The van der Waals surface area contributed by atoms with Crippen LogP contribution >= 0.6 is 11.6 Å². The van der Waals surface area contributed by atoms with Crippen LogP contribution in [0.25, 0.3) is 33.4 Å². The van der Waals surface area contributed by atoms with Gasteiger partial charge in [0.2, 0.25) is 0 Å². The highest BCUT2D eigenvalue weighted by molar-refractivity contribution is 6.30. The molecule has 1 unspecified atom stereocenters. The Morgan fingerprint density at radius 1 is 0.368 bits per heavy atom. The fourth-order valence-electron chi connectivity index (χ4n) is 6.14. The predicted octanol–water partition coefficient (Wildman–Crippen LogP) is 10.0. The molecule has 0 amide bonds. The second kappa shape index (κ2) is 9.17. The molecule has 0 saturated heterocycles. The van der Waals surface area contributed by atoms with Crippen molar-refractivity contribution in [3.8, 4) is 33.4 Å². The van der Waals surface area contributed by atoms with Gasteiger partial charge in [0, 0.05) is 5.02 Å². The summed E-state index contributed by atoms with van der Waals surface area (Å²) in [7, 11) is 0. The van der Waals surface area contributed by atoms with Crippen molar-refractivity contribution in [1.29, 1.82) is 0 Å². The molecule has 0 fully saturated rings. The first-order valence-electron chi connectivity index (χ1n) is 13.0. The molecule has 38 heavy (non-hydrogen) atoms. The molecule has 7 rings (SSSR count). The third kappa shape index (κ3) is 3.53. The molecule has 0 aromatic heterocycles. The van der Waals surface area contributed by atoms with E-state index in [1.54, 1.807) is 0 Å². The van der Waals surface area contributed by atoms with Crippen LogP contribution in [0, 0.1) is 0 Å². The molecule has 1 heteroatoms. The first-order valence-corrected chi connectivity index (χ1v) is 13.3. The van der Waals surface area contributed by atoms with E-state index < -0.39 is 5.41 Å². The van der Waals surface area contributed by atoms with Crippen LogP contribution in [0.15, 0.2) is 152 Å². The van der Waals surface area contributed by atoms with Crippen LogP contribution in [0.1, 0.15) is 22.3 Å². The van der Waals surface area contributed by atoms with Crippen molar-refractivity contribution in [3.63, 3.8) is 0 Å². The third-order valence-corrected chi connectivity index (χ3v) is 8.08. The van der Waals surface area contributed by atoms with Gasteiger partial charge < -0.3 is 0 Å². The van der Waals surface area contributed by atoms with Crippen LogP contribution in [-0.2, 0) is 5.41 Å². The van der Waals surface area contributed by atoms with Gasteiger partial charge in [0.05, 0.1) is 5.41 Å². The molecule has 0 aliphatic heterocycles. The van der Waals surface area contributed by atoms with Gasteiger partial charge >= 0.3 is 0 Å². The van der Waals surface area contributed by atoms with Gasteiger partial charge in [-0.1, -0.05) is 139 Å². The van der Waals surface area contributed by atoms with Crippen molar-refractivity contribution < 1.29 is 0 Å². The molecule has 180 valence electrons. The van der Waals surface area contributed by atoms with Gasteiger partial charge in [-0.05, 0) is 79.9 Å². The van der Waals surface area contributed by atoms with Crippen LogP contribution in [0.4, 0.5) is 0 Å². The first kappa shape index (κ1) is 22.8. The fraction of sp³-hybridized carbons (Fsp3) is 0.0270. The van der Waals surface area contributed by atoms with Gasteiger partial charge in [-0.3, -0.25) is 0 Å². The number of hydrogen-bond acceptors (Lipinski definition) is 0.